The number of ether oxygens (including phenoxy) is 1. The molecule has 1 aliphatic heterocycles. The van der Waals surface area contributed by atoms with Crippen molar-refractivity contribution in [2.24, 2.45) is 5.92 Å². The number of aryl methyl sites for hydroxylation is 1. The molecule has 226 valence electrons. The molecule has 0 aromatic carbocycles. The fourth-order valence-corrected chi connectivity index (χ4v) is 4.96. The average Bonchev–Trinajstić information content (AvgIpc) is 3.22. The number of rotatable bonds is 7. The number of pyridine rings is 2. The topological polar surface area (TPSA) is 179 Å². The van der Waals surface area contributed by atoms with Gasteiger partial charge in [-0.2, -0.15) is 0 Å². The van der Waals surface area contributed by atoms with Crippen molar-refractivity contribution in [3.8, 4) is 0 Å². The molecule has 13 nitrogen and oxygen atoms in total. The minimum atomic E-state index is -1.39. The molecule has 1 saturated heterocycles. The van der Waals surface area contributed by atoms with Crippen molar-refractivity contribution in [1.82, 2.24) is 15.3 Å². The Bertz CT molecular complexity index is 1480. The summed E-state index contributed by atoms with van der Waals surface area (Å²) in [6.07, 6.45) is 4.26. The molecule has 4 rings (SSSR count). The Morgan fingerprint density at radius 2 is 1.95 bits per heavy atom. The number of carbonyl (C=O) groups is 3. The smallest absolute Gasteiger partial charge is 0.411 e. The van der Waals surface area contributed by atoms with E-state index >= 15 is 0 Å². The summed E-state index contributed by atoms with van der Waals surface area (Å²) in [5.74, 6) is -1.18. The lowest BCUT2D eigenvalue weighted by Crippen LogP contribution is -2.65. The van der Waals surface area contributed by atoms with Crippen LogP contribution in [0.2, 0.25) is 0 Å². The first-order valence-corrected chi connectivity index (χ1v) is 13.8. The van der Waals surface area contributed by atoms with E-state index in [9.17, 15) is 24.6 Å². The zero-order valence-corrected chi connectivity index (χ0v) is 24.6. The predicted molar refractivity (Wildman–Crippen MR) is 157 cm³/mol. The fraction of sp³-hybridized carbons (Fsp3) is 0.483. The summed E-state index contributed by atoms with van der Waals surface area (Å²) in [6.45, 7) is 11.5. The van der Waals surface area contributed by atoms with Crippen molar-refractivity contribution < 1.29 is 33.8 Å². The van der Waals surface area contributed by atoms with E-state index in [-0.39, 0.29) is 35.0 Å². The van der Waals surface area contributed by atoms with E-state index < -0.39 is 35.3 Å². The maximum absolute atomic E-state index is 13.6. The van der Waals surface area contributed by atoms with Gasteiger partial charge in [-0.05, 0) is 51.8 Å². The summed E-state index contributed by atoms with van der Waals surface area (Å²) < 4.78 is 11.1. The van der Waals surface area contributed by atoms with Gasteiger partial charge in [0.1, 0.15) is 16.7 Å². The van der Waals surface area contributed by atoms with E-state index in [4.69, 9.17) is 9.15 Å². The molecule has 5 N–H and O–H groups in total. The largest absolute Gasteiger partial charge is 0.465 e. The molecule has 42 heavy (non-hydrogen) atoms. The Morgan fingerprint density at radius 1 is 1.21 bits per heavy atom. The van der Waals surface area contributed by atoms with E-state index in [2.05, 4.69) is 25.9 Å². The first-order chi connectivity index (χ1) is 19.7. The van der Waals surface area contributed by atoms with E-state index in [1.807, 2.05) is 18.7 Å². The van der Waals surface area contributed by atoms with Gasteiger partial charge in [-0.3, -0.25) is 20.1 Å². The van der Waals surface area contributed by atoms with Gasteiger partial charge >= 0.3 is 12.2 Å². The molecule has 3 aromatic rings. The molecule has 3 atom stereocenters. The highest BCUT2D eigenvalue weighted by atomic mass is 16.6. The molecule has 3 aromatic heterocycles. The molecule has 0 radical (unpaired) electrons. The summed E-state index contributed by atoms with van der Waals surface area (Å²) in [4.78, 5) is 48.2. The van der Waals surface area contributed by atoms with Crippen LogP contribution in [0.1, 0.15) is 63.9 Å². The van der Waals surface area contributed by atoms with Crippen LogP contribution < -0.4 is 20.9 Å². The molecular formula is C29H38N6O7. The highest BCUT2D eigenvalue weighted by Crippen LogP contribution is 2.36. The third-order valence-corrected chi connectivity index (χ3v) is 7.25. The van der Waals surface area contributed by atoms with Crippen molar-refractivity contribution in [1.29, 1.82) is 0 Å². The van der Waals surface area contributed by atoms with Gasteiger partial charge in [0.15, 0.2) is 5.58 Å². The van der Waals surface area contributed by atoms with Crippen LogP contribution in [-0.4, -0.2) is 68.6 Å². The van der Waals surface area contributed by atoms with Gasteiger partial charge in [0, 0.05) is 31.4 Å². The van der Waals surface area contributed by atoms with E-state index in [1.54, 1.807) is 52.2 Å². The van der Waals surface area contributed by atoms with Crippen molar-refractivity contribution in [2.45, 2.75) is 71.6 Å². The van der Waals surface area contributed by atoms with Gasteiger partial charge in [-0.25, -0.2) is 9.59 Å². The van der Waals surface area contributed by atoms with E-state index in [0.717, 1.165) is 18.4 Å². The Hall–Kier alpha value is -4.39. The van der Waals surface area contributed by atoms with Crippen LogP contribution in [0.5, 0.6) is 0 Å². The summed E-state index contributed by atoms with van der Waals surface area (Å²) >= 11 is 0. The summed E-state index contributed by atoms with van der Waals surface area (Å²) in [7, 11) is 0. The molecular weight excluding hydrogens is 544 g/mol. The number of anilines is 3. The number of fused-ring (bicyclic) bond motifs is 1. The molecule has 0 spiro atoms. The first-order valence-electron chi connectivity index (χ1n) is 13.8. The third kappa shape index (κ3) is 6.73. The normalized spacial score (nSPS) is 20.7. The minimum absolute atomic E-state index is 0.0651. The van der Waals surface area contributed by atoms with Crippen molar-refractivity contribution >= 4 is 46.5 Å². The predicted octanol–water partition coefficient (Wildman–Crippen LogP) is 4.62. The second-order valence-corrected chi connectivity index (χ2v) is 11.8. The van der Waals surface area contributed by atoms with Crippen molar-refractivity contribution in [3.63, 3.8) is 0 Å². The van der Waals surface area contributed by atoms with Gasteiger partial charge < -0.3 is 34.9 Å². The van der Waals surface area contributed by atoms with Crippen LogP contribution in [0.4, 0.5) is 26.8 Å². The monoisotopic (exact) mass is 582 g/mol. The number of hydrogen-bond donors (Lipinski definition) is 5. The SMILES string of the molecule is CCCc1cnc2c(C(=O)Nc3cnccc3N3C[C@H](C)[C@@](C)(O)[C@H](NC(=O)OC(C)(C)C)C3)c(NC(=O)O)oc2c1. The quantitative estimate of drug-likeness (QED) is 0.264. The number of carbonyl (C=O) groups excluding carboxylic acids is 2. The number of alkyl carbamates (subject to hydrolysis) is 1. The number of aromatic nitrogens is 2. The number of hydrogen-bond acceptors (Lipinski definition) is 9. The van der Waals surface area contributed by atoms with Crippen LogP contribution in [0, 0.1) is 5.92 Å². The fourth-order valence-electron chi connectivity index (χ4n) is 4.96. The summed E-state index contributed by atoms with van der Waals surface area (Å²) in [5.41, 5.74) is 0.308. The number of furan rings is 1. The number of nitrogens with zero attached hydrogens (tertiary/aromatic N) is 3. The van der Waals surface area contributed by atoms with Gasteiger partial charge in [-0.15, -0.1) is 0 Å². The van der Waals surface area contributed by atoms with Crippen LogP contribution in [0.25, 0.3) is 11.1 Å². The highest BCUT2D eigenvalue weighted by molar-refractivity contribution is 6.16. The van der Waals surface area contributed by atoms with Crippen molar-refractivity contribution in [3.05, 3.63) is 41.9 Å². The molecule has 0 unspecified atom stereocenters. The second-order valence-electron chi connectivity index (χ2n) is 11.8. The summed E-state index contributed by atoms with van der Waals surface area (Å²) in [6, 6.07) is 2.76. The van der Waals surface area contributed by atoms with Crippen LogP contribution in [0.3, 0.4) is 0 Å². The Morgan fingerprint density at radius 3 is 2.62 bits per heavy atom. The molecule has 4 heterocycles. The average molecular weight is 583 g/mol. The zero-order chi connectivity index (χ0) is 30.8. The van der Waals surface area contributed by atoms with Crippen LogP contribution >= 0.6 is 0 Å². The Balaban J connectivity index is 1.64. The molecule has 1 fully saturated rings. The number of aliphatic hydroxyl groups is 1. The first kappa shape index (κ1) is 30.6. The lowest BCUT2D eigenvalue weighted by Gasteiger charge is -2.48. The summed E-state index contributed by atoms with van der Waals surface area (Å²) in [5, 5.41) is 28.4. The van der Waals surface area contributed by atoms with E-state index in [1.165, 1.54) is 6.20 Å². The van der Waals surface area contributed by atoms with Gasteiger partial charge in [0.05, 0.1) is 29.2 Å². The van der Waals surface area contributed by atoms with Gasteiger partial charge in [-0.1, -0.05) is 20.3 Å². The standard InChI is InChI=1S/C29H38N6O7/c1-7-8-17-11-20-23(31-12-17)22(25(41-20)34-26(37)38)24(36)32-18-13-30-10-9-19(18)35-14-16(2)29(6,40)21(15-35)33-27(39)42-28(3,4)5/h9-13,16,21,34,40H,7-8,14-15H2,1-6H3,(H,32,36)(H,33,39)(H,37,38)/t16-,21+,29+/m0/s1. The van der Waals surface area contributed by atoms with Crippen molar-refractivity contribution in [2.75, 3.05) is 28.6 Å². The minimum Gasteiger partial charge on any atom is -0.465 e. The lowest BCUT2D eigenvalue weighted by atomic mass is 9.79. The molecule has 0 aliphatic carbocycles. The zero-order valence-electron chi connectivity index (χ0n) is 24.6. The van der Waals surface area contributed by atoms with Crippen LogP contribution in [-0.2, 0) is 11.2 Å². The number of piperidine rings is 1. The van der Waals surface area contributed by atoms with Crippen LogP contribution in [0.15, 0.2) is 35.1 Å². The third-order valence-electron chi connectivity index (χ3n) is 7.25. The molecule has 13 heteroatoms. The van der Waals surface area contributed by atoms with E-state index in [0.29, 0.717) is 17.9 Å². The Labute approximate surface area is 243 Å². The number of carboxylic acid groups (broad SMARTS) is 1. The molecule has 0 saturated carbocycles. The second kappa shape index (κ2) is 11.8. The Kier molecular flexibility index (Phi) is 8.62. The molecule has 1 aliphatic rings. The van der Waals surface area contributed by atoms with Gasteiger partial charge in [0.2, 0.25) is 5.88 Å². The highest BCUT2D eigenvalue weighted by Gasteiger charge is 2.45. The molecule has 3 amide bonds. The maximum atomic E-state index is 13.6. The lowest BCUT2D eigenvalue weighted by molar-refractivity contribution is -0.0405. The van der Waals surface area contributed by atoms with Gasteiger partial charge in [0.25, 0.3) is 5.91 Å². The number of amides is 3. The molecule has 0 bridgehead atoms. The maximum Gasteiger partial charge on any atom is 0.411 e. The number of nitrogens with one attached hydrogen (secondary N) is 3.